The Balaban J connectivity index is 1.80. The van der Waals surface area contributed by atoms with Crippen LogP contribution in [0.3, 0.4) is 0 Å². The van der Waals surface area contributed by atoms with Gasteiger partial charge >= 0.3 is 0 Å². The molecule has 3 N–H and O–H groups in total. The Morgan fingerprint density at radius 2 is 2.50 bits per heavy atom. The van der Waals surface area contributed by atoms with E-state index in [0.717, 1.165) is 29.8 Å². The minimum atomic E-state index is -0.220. The molecule has 0 aromatic carbocycles. The van der Waals surface area contributed by atoms with Crippen LogP contribution >= 0.6 is 15.9 Å². The van der Waals surface area contributed by atoms with E-state index in [1.54, 1.807) is 6.20 Å². The summed E-state index contributed by atoms with van der Waals surface area (Å²) >= 11 is 3.46. The second-order valence-electron chi connectivity index (χ2n) is 4.18. The van der Waals surface area contributed by atoms with Crippen molar-refractivity contribution in [2.45, 2.75) is 12.6 Å². The zero-order valence-electron chi connectivity index (χ0n) is 9.28. The number of aliphatic hydroxyl groups is 1. The Morgan fingerprint density at radius 3 is 3.06 bits per heavy atom. The molecular formula is C10H17BrN4O. The van der Waals surface area contributed by atoms with Gasteiger partial charge in [-0.2, -0.15) is 5.10 Å². The van der Waals surface area contributed by atoms with Crippen LogP contribution in [-0.4, -0.2) is 40.6 Å². The van der Waals surface area contributed by atoms with Gasteiger partial charge in [0.1, 0.15) is 0 Å². The van der Waals surface area contributed by atoms with Gasteiger partial charge in [0.05, 0.1) is 22.5 Å². The highest BCUT2D eigenvalue weighted by molar-refractivity contribution is 9.10. The fourth-order valence-corrected chi connectivity index (χ4v) is 2.43. The first-order chi connectivity index (χ1) is 7.68. The maximum Gasteiger partial charge on any atom is 0.0716 e. The van der Waals surface area contributed by atoms with Crippen molar-refractivity contribution in [3.63, 3.8) is 0 Å². The molecule has 0 amide bonds. The number of nitrogens with zero attached hydrogens (tertiary/aromatic N) is 2. The zero-order chi connectivity index (χ0) is 11.5. The Kier molecular flexibility index (Phi) is 3.96. The van der Waals surface area contributed by atoms with Crippen molar-refractivity contribution < 1.29 is 5.11 Å². The van der Waals surface area contributed by atoms with Gasteiger partial charge in [0.2, 0.25) is 0 Å². The second-order valence-corrected chi connectivity index (χ2v) is 5.03. The zero-order valence-corrected chi connectivity index (χ0v) is 10.9. The van der Waals surface area contributed by atoms with E-state index >= 15 is 0 Å². The second kappa shape index (κ2) is 5.27. The lowest BCUT2D eigenvalue weighted by Crippen LogP contribution is -2.30. The molecule has 1 aliphatic heterocycles. The molecule has 0 radical (unpaired) electrons. The first-order valence-electron chi connectivity index (χ1n) is 5.44. The number of rotatable bonds is 4. The molecule has 1 fully saturated rings. The monoisotopic (exact) mass is 288 g/mol. The fourth-order valence-electron chi connectivity index (χ4n) is 1.94. The van der Waals surface area contributed by atoms with E-state index in [0.29, 0.717) is 12.5 Å². The third-order valence-corrected chi connectivity index (χ3v) is 3.68. The van der Waals surface area contributed by atoms with Gasteiger partial charge in [-0.1, -0.05) is 0 Å². The lowest BCUT2D eigenvalue weighted by Gasteiger charge is -2.14. The van der Waals surface area contributed by atoms with Gasteiger partial charge in [-0.25, -0.2) is 0 Å². The van der Waals surface area contributed by atoms with Crippen molar-refractivity contribution in [1.82, 2.24) is 20.4 Å². The van der Waals surface area contributed by atoms with Crippen molar-refractivity contribution in [3.8, 4) is 0 Å². The summed E-state index contributed by atoms with van der Waals surface area (Å²) in [4.78, 5) is 0. The highest BCUT2D eigenvalue weighted by Crippen LogP contribution is 2.15. The van der Waals surface area contributed by atoms with E-state index in [-0.39, 0.29) is 6.10 Å². The number of hydrogen-bond acceptors (Lipinski definition) is 4. The Morgan fingerprint density at radius 1 is 1.69 bits per heavy atom. The van der Waals surface area contributed by atoms with E-state index in [1.165, 1.54) is 0 Å². The van der Waals surface area contributed by atoms with Crippen LogP contribution < -0.4 is 10.6 Å². The summed E-state index contributed by atoms with van der Waals surface area (Å²) in [5, 5.41) is 20.3. The molecule has 0 aliphatic carbocycles. The van der Waals surface area contributed by atoms with Gasteiger partial charge in [0, 0.05) is 39.1 Å². The standard InChI is InChI=1S/C10H17BrN4O/c1-15-9(8(11)4-14-15)5-12-2-7-3-13-6-10(7)16/h4,7,10,12-13,16H,2-3,5-6H2,1H3. The number of aryl methyl sites for hydroxylation is 1. The number of aliphatic hydroxyl groups excluding tert-OH is 1. The van der Waals surface area contributed by atoms with Crippen LogP contribution in [0.2, 0.25) is 0 Å². The van der Waals surface area contributed by atoms with Crippen molar-refractivity contribution in [3.05, 3.63) is 16.4 Å². The summed E-state index contributed by atoms with van der Waals surface area (Å²) in [6.45, 7) is 3.19. The molecule has 0 bridgehead atoms. The van der Waals surface area contributed by atoms with Crippen LogP contribution in [0.25, 0.3) is 0 Å². The average Bonchev–Trinajstić information content (AvgIpc) is 2.79. The predicted molar refractivity (Wildman–Crippen MR) is 65.0 cm³/mol. The number of nitrogens with one attached hydrogen (secondary N) is 2. The van der Waals surface area contributed by atoms with Crippen molar-refractivity contribution in [2.75, 3.05) is 19.6 Å². The first kappa shape index (κ1) is 12.0. The lowest BCUT2D eigenvalue weighted by atomic mass is 10.1. The topological polar surface area (TPSA) is 62.1 Å². The average molecular weight is 289 g/mol. The highest BCUT2D eigenvalue weighted by atomic mass is 79.9. The van der Waals surface area contributed by atoms with Gasteiger partial charge in [0.25, 0.3) is 0 Å². The Hall–Kier alpha value is -0.430. The van der Waals surface area contributed by atoms with Crippen LogP contribution in [-0.2, 0) is 13.6 Å². The molecule has 2 unspecified atom stereocenters. The lowest BCUT2D eigenvalue weighted by molar-refractivity contribution is 0.146. The molecule has 0 spiro atoms. The minimum absolute atomic E-state index is 0.220. The van der Waals surface area contributed by atoms with E-state index in [9.17, 15) is 5.11 Å². The molecule has 2 heterocycles. The molecule has 2 atom stereocenters. The number of β-amino-alcohol motifs (C(OH)–C–C–N with tert-alkyl or cyclic N) is 1. The van der Waals surface area contributed by atoms with Crippen LogP contribution in [0.4, 0.5) is 0 Å². The molecule has 90 valence electrons. The van der Waals surface area contributed by atoms with Crippen molar-refractivity contribution in [1.29, 1.82) is 0 Å². The van der Waals surface area contributed by atoms with E-state index in [4.69, 9.17) is 0 Å². The molecule has 1 aliphatic rings. The minimum Gasteiger partial charge on any atom is -0.391 e. The molecule has 6 heteroatoms. The van der Waals surface area contributed by atoms with Gasteiger partial charge in [-0.15, -0.1) is 0 Å². The number of hydrogen-bond donors (Lipinski definition) is 3. The normalized spacial score (nSPS) is 25.2. The smallest absolute Gasteiger partial charge is 0.0716 e. The fraction of sp³-hybridized carbons (Fsp3) is 0.700. The predicted octanol–water partition coefficient (Wildman–Crippen LogP) is -0.148. The third-order valence-electron chi connectivity index (χ3n) is 3.01. The Labute approximate surface area is 103 Å². The summed E-state index contributed by atoms with van der Waals surface area (Å²) in [5.74, 6) is 0.312. The molecule has 5 nitrogen and oxygen atoms in total. The van der Waals surface area contributed by atoms with Gasteiger partial charge in [0.15, 0.2) is 0 Å². The van der Waals surface area contributed by atoms with Crippen molar-refractivity contribution >= 4 is 15.9 Å². The number of halogens is 1. The van der Waals surface area contributed by atoms with Crippen LogP contribution in [0.1, 0.15) is 5.69 Å². The van der Waals surface area contributed by atoms with Crippen LogP contribution in [0.5, 0.6) is 0 Å². The van der Waals surface area contributed by atoms with Gasteiger partial charge in [-0.3, -0.25) is 4.68 Å². The Bertz CT molecular complexity index is 335. The van der Waals surface area contributed by atoms with Gasteiger partial charge < -0.3 is 15.7 Å². The summed E-state index contributed by atoms with van der Waals surface area (Å²) in [7, 11) is 1.92. The maximum absolute atomic E-state index is 9.63. The maximum atomic E-state index is 9.63. The van der Waals surface area contributed by atoms with E-state index in [2.05, 4.69) is 31.7 Å². The molecule has 0 saturated carbocycles. The van der Waals surface area contributed by atoms with E-state index in [1.807, 2.05) is 11.7 Å². The molecule has 1 aromatic rings. The summed E-state index contributed by atoms with van der Waals surface area (Å²) in [6, 6.07) is 0. The summed E-state index contributed by atoms with van der Waals surface area (Å²) in [6.07, 6.45) is 1.57. The third kappa shape index (κ3) is 2.63. The van der Waals surface area contributed by atoms with E-state index < -0.39 is 0 Å². The molecule has 2 rings (SSSR count). The quantitative estimate of drug-likeness (QED) is 0.721. The molecule has 16 heavy (non-hydrogen) atoms. The molecule has 1 aromatic heterocycles. The largest absolute Gasteiger partial charge is 0.391 e. The van der Waals surface area contributed by atoms with Crippen LogP contribution in [0.15, 0.2) is 10.7 Å². The first-order valence-corrected chi connectivity index (χ1v) is 6.23. The summed E-state index contributed by atoms with van der Waals surface area (Å²) < 4.78 is 2.87. The summed E-state index contributed by atoms with van der Waals surface area (Å²) in [5.41, 5.74) is 1.13. The van der Waals surface area contributed by atoms with Gasteiger partial charge in [-0.05, 0) is 15.9 Å². The van der Waals surface area contributed by atoms with Crippen LogP contribution in [0, 0.1) is 5.92 Å². The van der Waals surface area contributed by atoms with Crippen molar-refractivity contribution in [2.24, 2.45) is 13.0 Å². The molecular weight excluding hydrogens is 272 g/mol. The molecule has 1 saturated heterocycles. The highest BCUT2D eigenvalue weighted by Gasteiger charge is 2.24. The SMILES string of the molecule is Cn1ncc(Br)c1CNCC1CNCC1O. The number of aromatic nitrogens is 2.